The summed E-state index contributed by atoms with van der Waals surface area (Å²) in [6.07, 6.45) is 7.44. The molecule has 10 heteroatoms. The van der Waals surface area contributed by atoms with E-state index in [2.05, 4.69) is 25.2 Å². The van der Waals surface area contributed by atoms with Crippen LogP contribution in [0.1, 0.15) is 12.8 Å². The van der Waals surface area contributed by atoms with Crippen molar-refractivity contribution >= 4 is 39.1 Å². The first kappa shape index (κ1) is 19.5. The van der Waals surface area contributed by atoms with Crippen molar-refractivity contribution < 1.29 is 9.13 Å². The number of nitrogens with zero attached hydrogens (tertiary/aromatic N) is 5. The van der Waals surface area contributed by atoms with Crippen LogP contribution in [0.25, 0.3) is 27.6 Å². The second-order valence-electron chi connectivity index (χ2n) is 9.16. The van der Waals surface area contributed by atoms with E-state index in [0.29, 0.717) is 29.0 Å². The molecule has 2 aliphatic rings. The largest absolute Gasteiger partial charge is 0.424 e. The Morgan fingerprint density at radius 2 is 2.12 bits per heavy atom. The molecule has 0 radical (unpaired) electrons. The number of aromatic nitrogens is 5. The molecular formula is C24H23FN8O. The average molecular weight is 459 g/mol. The highest BCUT2D eigenvalue weighted by atomic mass is 19.1. The third kappa shape index (κ3) is 2.84. The second kappa shape index (κ2) is 7.04. The van der Waals surface area contributed by atoms with Gasteiger partial charge >= 0.3 is 6.01 Å². The van der Waals surface area contributed by atoms with E-state index in [1.165, 1.54) is 12.1 Å². The van der Waals surface area contributed by atoms with Gasteiger partial charge in [0.15, 0.2) is 0 Å². The number of rotatable bonds is 4. The van der Waals surface area contributed by atoms with Crippen molar-refractivity contribution in [1.29, 1.82) is 0 Å². The van der Waals surface area contributed by atoms with Crippen LogP contribution in [0.2, 0.25) is 0 Å². The molecule has 9 nitrogen and oxygen atoms in total. The van der Waals surface area contributed by atoms with Gasteiger partial charge in [-0.1, -0.05) is 0 Å². The normalized spacial score (nSPS) is 21.9. The lowest BCUT2D eigenvalue weighted by molar-refractivity contribution is 0.439. The molecule has 4 aromatic heterocycles. The molecule has 1 saturated carbocycles. The van der Waals surface area contributed by atoms with E-state index in [1.54, 1.807) is 13.2 Å². The molecule has 5 heterocycles. The first-order valence-corrected chi connectivity index (χ1v) is 11.4. The van der Waals surface area contributed by atoms with Gasteiger partial charge in [0.05, 0.1) is 16.6 Å². The fourth-order valence-corrected chi connectivity index (χ4v) is 5.59. The summed E-state index contributed by atoms with van der Waals surface area (Å²) >= 11 is 0. The van der Waals surface area contributed by atoms with E-state index in [-0.39, 0.29) is 17.9 Å². The second-order valence-corrected chi connectivity index (χ2v) is 9.16. The fraction of sp³-hybridized carbons (Fsp3) is 0.292. The molecule has 1 aliphatic heterocycles. The lowest BCUT2D eigenvalue weighted by atomic mass is 10.0. The van der Waals surface area contributed by atoms with Gasteiger partial charge < -0.3 is 30.1 Å². The Balaban J connectivity index is 1.41. The van der Waals surface area contributed by atoms with Crippen LogP contribution in [-0.2, 0) is 0 Å². The highest BCUT2D eigenvalue weighted by molar-refractivity contribution is 6.14. The van der Waals surface area contributed by atoms with Gasteiger partial charge in [0.25, 0.3) is 0 Å². The van der Waals surface area contributed by atoms with Crippen molar-refractivity contribution in [3.05, 3.63) is 48.7 Å². The van der Waals surface area contributed by atoms with Gasteiger partial charge in [-0.2, -0.15) is 9.97 Å². The van der Waals surface area contributed by atoms with E-state index in [0.717, 1.165) is 47.1 Å². The maximum absolute atomic E-state index is 14.5. The minimum Gasteiger partial charge on any atom is -0.424 e. The van der Waals surface area contributed by atoms with Crippen molar-refractivity contribution in [3.63, 3.8) is 0 Å². The smallest absolute Gasteiger partial charge is 0.325 e. The van der Waals surface area contributed by atoms with Crippen molar-refractivity contribution in [1.82, 2.24) is 24.3 Å². The van der Waals surface area contributed by atoms with Gasteiger partial charge in [-0.05, 0) is 37.0 Å². The standard InChI is InChI=1S/C24H23FN8O/c1-27-18-8-13(25)7-16-20-22(29-21(16)18)30-24(34-15-2-4-32-5-3-28-19(32)10-15)31-23(20)33-11-12-6-14(33)9-17(12)26/h2-5,7-8,10,12,14,17,27H,6,9,11,26H2,1H3,(H,29,30,31). The van der Waals surface area contributed by atoms with Gasteiger partial charge in [-0.25, -0.2) is 9.37 Å². The number of hydrogen-bond acceptors (Lipinski definition) is 7. The van der Waals surface area contributed by atoms with Gasteiger partial charge in [-0.3, -0.25) is 0 Å². The lowest BCUT2D eigenvalue weighted by Crippen LogP contribution is -2.41. The molecular weight excluding hydrogens is 435 g/mol. The minimum atomic E-state index is -0.318. The monoisotopic (exact) mass is 458 g/mol. The topological polar surface area (TPSA) is 109 Å². The molecule has 0 spiro atoms. The molecule has 1 aromatic carbocycles. The third-order valence-corrected chi connectivity index (χ3v) is 7.20. The molecule has 34 heavy (non-hydrogen) atoms. The summed E-state index contributed by atoms with van der Waals surface area (Å²) in [7, 11) is 1.77. The number of pyridine rings is 1. The Hall–Kier alpha value is -3.92. The molecule has 2 fully saturated rings. The summed E-state index contributed by atoms with van der Waals surface area (Å²) in [6.45, 7) is 0.818. The predicted molar refractivity (Wildman–Crippen MR) is 128 cm³/mol. The van der Waals surface area contributed by atoms with Crippen molar-refractivity contribution in [2.45, 2.75) is 24.9 Å². The molecule has 4 N–H and O–H groups in total. The van der Waals surface area contributed by atoms with Crippen molar-refractivity contribution in [2.24, 2.45) is 11.7 Å². The van der Waals surface area contributed by atoms with Crippen molar-refractivity contribution in [3.8, 4) is 11.8 Å². The zero-order chi connectivity index (χ0) is 23.0. The number of benzene rings is 1. The fourth-order valence-electron chi connectivity index (χ4n) is 5.59. The zero-order valence-corrected chi connectivity index (χ0v) is 18.5. The molecule has 2 bridgehead atoms. The predicted octanol–water partition coefficient (Wildman–Crippen LogP) is 3.66. The molecule has 3 unspecified atom stereocenters. The van der Waals surface area contributed by atoms with Crippen molar-refractivity contribution in [2.75, 3.05) is 23.8 Å². The maximum Gasteiger partial charge on any atom is 0.325 e. The van der Waals surface area contributed by atoms with E-state index in [1.807, 2.05) is 28.9 Å². The Labute approximate surface area is 193 Å². The lowest BCUT2D eigenvalue weighted by Gasteiger charge is -2.31. The molecule has 7 rings (SSSR count). The van der Waals surface area contributed by atoms with E-state index in [4.69, 9.17) is 15.5 Å². The molecule has 3 atom stereocenters. The number of nitrogens with two attached hydrogens (primary N) is 1. The SMILES string of the molecule is CNc1cc(F)cc2c1[nH]c1nc(Oc3ccn4ccnc4c3)nc(N3CC4CC3CC4N)c12. The Bertz CT molecular complexity index is 1570. The number of H-pyrrole nitrogens is 1. The summed E-state index contributed by atoms with van der Waals surface area (Å²) < 4.78 is 22.5. The van der Waals surface area contributed by atoms with Crippen LogP contribution in [0.4, 0.5) is 15.9 Å². The highest BCUT2D eigenvalue weighted by Gasteiger charge is 2.44. The van der Waals surface area contributed by atoms with Gasteiger partial charge in [0, 0.05) is 55.7 Å². The van der Waals surface area contributed by atoms with E-state index >= 15 is 0 Å². The number of hydrogen-bond donors (Lipinski definition) is 3. The third-order valence-electron chi connectivity index (χ3n) is 7.20. The molecule has 0 amide bonds. The van der Waals surface area contributed by atoms with Crippen LogP contribution < -0.4 is 20.7 Å². The van der Waals surface area contributed by atoms with Crippen LogP contribution in [0.5, 0.6) is 11.8 Å². The number of imidazole rings is 1. The number of nitrogens with one attached hydrogen (secondary N) is 2. The highest BCUT2D eigenvalue weighted by Crippen LogP contribution is 2.44. The van der Waals surface area contributed by atoms with Gasteiger partial charge in [0.1, 0.15) is 28.7 Å². The molecule has 1 aliphatic carbocycles. The van der Waals surface area contributed by atoms with Crippen LogP contribution in [0, 0.1) is 11.7 Å². The molecule has 1 saturated heterocycles. The van der Waals surface area contributed by atoms with Crippen LogP contribution in [0.15, 0.2) is 42.9 Å². The number of halogens is 1. The molecule has 5 aromatic rings. The quantitative estimate of drug-likeness (QED) is 0.377. The zero-order valence-electron chi connectivity index (χ0n) is 18.5. The number of aromatic amines is 1. The van der Waals surface area contributed by atoms with Crippen LogP contribution >= 0.6 is 0 Å². The summed E-state index contributed by atoms with van der Waals surface area (Å²) in [6, 6.07) is 7.43. The maximum atomic E-state index is 14.5. The van der Waals surface area contributed by atoms with Gasteiger partial charge in [-0.15, -0.1) is 0 Å². The summed E-state index contributed by atoms with van der Waals surface area (Å²) in [5.74, 6) is 1.45. The summed E-state index contributed by atoms with van der Waals surface area (Å²) in [5.41, 5.74) is 9.13. The number of ether oxygens (including phenoxy) is 1. The van der Waals surface area contributed by atoms with Crippen LogP contribution in [-0.4, -0.2) is 50.0 Å². The average Bonchev–Trinajstić information content (AvgIpc) is 3.60. The van der Waals surface area contributed by atoms with Gasteiger partial charge in [0.2, 0.25) is 0 Å². The van der Waals surface area contributed by atoms with E-state index in [9.17, 15) is 4.39 Å². The first-order valence-electron chi connectivity index (χ1n) is 11.4. The number of piperidine rings is 1. The number of anilines is 2. The Kier molecular flexibility index (Phi) is 4.04. The molecule has 172 valence electrons. The Morgan fingerprint density at radius 1 is 1.21 bits per heavy atom. The van der Waals surface area contributed by atoms with E-state index < -0.39 is 0 Å². The van der Waals surface area contributed by atoms with Crippen LogP contribution in [0.3, 0.4) is 0 Å². The number of fused-ring (bicyclic) bond motifs is 6. The first-order chi connectivity index (χ1) is 16.6. The summed E-state index contributed by atoms with van der Waals surface area (Å²) in [5, 5.41) is 4.61. The Morgan fingerprint density at radius 3 is 2.91 bits per heavy atom. The minimum absolute atomic E-state index is 0.215. The summed E-state index contributed by atoms with van der Waals surface area (Å²) in [4.78, 5) is 19.5.